The average molecular weight is 313 g/mol. The lowest BCUT2D eigenvalue weighted by Gasteiger charge is -2.39. The van der Waals surface area contributed by atoms with E-state index in [9.17, 15) is 8.42 Å². The van der Waals surface area contributed by atoms with Gasteiger partial charge in [0, 0.05) is 23.7 Å². The number of nitrogens with one attached hydrogen (secondary N) is 1. The topological polar surface area (TPSA) is 46.2 Å². The van der Waals surface area contributed by atoms with Crippen LogP contribution in [0.3, 0.4) is 0 Å². The first-order valence-corrected chi connectivity index (χ1v) is 9.90. The number of sulfone groups is 1. The first kappa shape index (κ1) is 15.7. The monoisotopic (exact) mass is 313 g/mol. The molecule has 0 bridgehead atoms. The second-order valence-corrected chi connectivity index (χ2v) is 9.42. The summed E-state index contributed by atoms with van der Waals surface area (Å²) in [6.07, 6.45) is 2.43. The van der Waals surface area contributed by atoms with Crippen molar-refractivity contribution in [1.82, 2.24) is 0 Å². The van der Waals surface area contributed by atoms with Crippen LogP contribution >= 0.6 is 11.8 Å². The number of anilines is 1. The molecule has 1 saturated heterocycles. The van der Waals surface area contributed by atoms with Gasteiger partial charge in [-0.3, -0.25) is 0 Å². The normalized spacial score (nSPS) is 22.5. The number of thioether (sulfide) groups is 1. The van der Waals surface area contributed by atoms with E-state index in [1.165, 1.54) is 18.4 Å². The zero-order chi connectivity index (χ0) is 15.0. The van der Waals surface area contributed by atoms with Gasteiger partial charge in [0.1, 0.15) is 0 Å². The van der Waals surface area contributed by atoms with Crippen LogP contribution in [0.25, 0.3) is 0 Å². The lowest BCUT2D eigenvalue weighted by Crippen LogP contribution is -2.41. The molecule has 1 N–H and O–H groups in total. The molecule has 1 aliphatic rings. The lowest BCUT2D eigenvalue weighted by atomic mass is 9.82. The van der Waals surface area contributed by atoms with Crippen molar-refractivity contribution in [2.45, 2.75) is 38.1 Å². The number of hydrogen-bond acceptors (Lipinski definition) is 4. The summed E-state index contributed by atoms with van der Waals surface area (Å²) in [5, 5.41) is 3.57. The third kappa shape index (κ3) is 3.50. The fraction of sp³-hybridized carbons (Fsp3) is 0.600. The number of benzene rings is 1. The Morgan fingerprint density at radius 2 is 2.05 bits per heavy atom. The van der Waals surface area contributed by atoms with E-state index in [2.05, 4.69) is 19.2 Å². The van der Waals surface area contributed by atoms with E-state index < -0.39 is 9.84 Å². The lowest BCUT2D eigenvalue weighted by molar-refractivity contribution is 0.305. The van der Waals surface area contributed by atoms with Gasteiger partial charge in [0.15, 0.2) is 9.84 Å². The molecular formula is C15H23NO2S2. The van der Waals surface area contributed by atoms with Crippen LogP contribution in [0.4, 0.5) is 5.69 Å². The van der Waals surface area contributed by atoms with Crippen LogP contribution in [0, 0.1) is 12.3 Å². The van der Waals surface area contributed by atoms with Crippen LogP contribution in [0.15, 0.2) is 23.1 Å². The van der Waals surface area contributed by atoms with Gasteiger partial charge in [-0.05, 0) is 42.2 Å². The molecular weight excluding hydrogens is 290 g/mol. The Morgan fingerprint density at radius 1 is 1.35 bits per heavy atom. The minimum atomic E-state index is -3.16. The molecule has 1 atom stereocenters. The average Bonchev–Trinajstić information content (AvgIpc) is 2.32. The molecule has 2 rings (SSSR count). The van der Waals surface area contributed by atoms with Crippen molar-refractivity contribution >= 4 is 27.3 Å². The molecule has 1 unspecified atom stereocenters. The second-order valence-electron chi connectivity index (χ2n) is 6.26. The van der Waals surface area contributed by atoms with Crippen molar-refractivity contribution in [1.29, 1.82) is 0 Å². The maximum atomic E-state index is 11.7. The molecule has 1 aliphatic heterocycles. The Labute approximate surface area is 126 Å². The molecule has 1 heterocycles. The first-order chi connectivity index (χ1) is 9.20. The van der Waals surface area contributed by atoms with Crippen molar-refractivity contribution in [3.63, 3.8) is 0 Å². The van der Waals surface area contributed by atoms with Crippen LogP contribution in [-0.2, 0) is 9.84 Å². The van der Waals surface area contributed by atoms with Gasteiger partial charge in [-0.25, -0.2) is 8.42 Å². The van der Waals surface area contributed by atoms with Crippen molar-refractivity contribution in [3.8, 4) is 0 Å². The molecule has 0 spiro atoms. The van der Waals surface area contributed by atoms with Crippen molar-refractivity contribution < 1.29 is 8.42 Å². The number of aryl methyl sites for hydroxylation is 1. The Morgan fingerprint density at radius 3 is 2.65 bits per heavy atom. The molecule has 0 aliphatic carbocycles. The molecule has 1 aromatic carbocycles. The van der Waals surface area contributed by atoms with Gasteiger partial charge in [-0.2, -0.15) is 11.8 Å². The molecule has 0 amide bonds. The Balaban J connectivity index is 2.29. The third-order valence-electron chi connectivity index (χ3n) is 4.09. The van der Waals surface area contributed by atoms with Crippen LogP contribution in [0.5, 0.6) is 0 Å². The Hall–Kier alpha value is -0.680. The van der Waals surface area contributed by atoms with E-state index in [0.29, 0.717) is 10.9 Å². The Bertz CT molecular complexity index is 594. The quantitative estimate of drug-likeness (QED) is 0.929. The standard InChI is InChI=1S/C15H23NO2S2/c1-11-5-6-12(20(4,17)18)9-13(11)16-14-10-19-8-7-15(14,2)3/h5-6,9,14,16H,7-8,10H2,1-4H3. The first-order valence-electron chi connectivity index (χ1n) is 6.85. The van der Waals surface area contributed by atoms with Gasteiger partial charge in [0.25, 0.3) is 0 Å². The summed E-state index contributed by atoms with van der Waals surface area (Å²) in [6.45, 7) is 6.57. The van der Waals surface area contributed by atoms with Crippen LogP contribution in [-0.4, -0.2) is 32.2 Å². The van der Waals surface area contributed by atoms with Crippen molar-refractivity contribution in [2.75, 3.05) is 23.1 Å². The van der Waals surface area contributed by atoms with Gasteiger partial charge in [0.2, 0.25) is 0 Å². The maximum absolute atomic E-state index is 11.7. The number of hydrogen-bond donors (Lipinski definition) is 1. The summed E-state index contributed by atoms with van der Waals surface area (Å²) < 4.78 is 23.4. The summed E-state index contributed by atoms with van der Waals surface area (Å²) in [6, 6.07) is 5.69. The van der Waals surface area contributed by atoms with Gasteiger partial charge in [-0.1, -0.05) is 19.9 Å². The zero-order valence-corrected chi connectivity index (χ0v) is 14.2. The minimum Gasteiger partial charge on any atom is -0.381 e. The molecule has 1 fully saturated rings. The molecule has 20 heavy (non-hydrogen) atoms. The van der Waals surface area contributed by atoms with Gasteiger partial charge < -0.3 is 5.32 Å². The largest absolute Gasteiger partial charge is 0.381 e. The predicted octanol–water partition coefficient (Wildman–Crippen LogP) is 3.34. The van der Waals surface area contributed by atoms with E-state index in [1.807, 2.05) is 24.8 Å². The molecule has 112 valence electrons. The summed E-state index contributed by atoms with van der Waals surface area (Å²) >= 11 is 1.96. The van der Waals surface area contributed by atoms with Crippen LogP contribution in [0.2, 0.25) is 0 Å². The third-order valence-corrected chi connectivity index (χ3v) is 6.26. The summed E-state index contributed by atoms with van der Waals surface area (Å²) in [5.74, 6) is 2.27. The highest BCUT2D eigenvalue weighted by Gasteiger charge is 2.32. The zero-order valence-electron chi connectivity index (χ0n) is 12.6. The van der Waals surface area contributed by atoms with E-state index >= 15 is 0 Å². The van der Waals surface area contributed by atoms with Crippen LogP contribution in [0.1, 0.15) is 25.8 Å². The highest BCUT2D eigenvalue weighted by molar-refractivity contribution is 7.99. The Kier molecular flexibility index (Phi) is 4.40. The fourth-order valence-corrected chi connectivity index (χ4v) is 4.60. The van der Waals surface area contributed by atoms with Crippen molar-refractivity contribution in [2.24, 2.45) is 5.41 Å². The van der Waals surface area contributed by atoms with Gasteiger partial charge >= 0.3 is 0 Å². The molecule has 0 aromatic heterocycles. The maximum Gasteiger partial charge on any atom is 0.175 e. The summed E-state index contributed by atoms with van der Waals surface area (Å²) in [5.41, 5.74) is 2.26. The number of rotatable bonds is 3. The SMILES string of the molecule is Cc1ccc(S(C)(=O)=O)cc1NC1CSCCC1(C)C. The molecule has 0 saturated carbocycles. The predicted molar refractivity (Wildman–Crippen MR) is 87.4 cm³/mol. The van der Waals surface area contributed by atoms with E-state index in [0.717, 1.165) is 17.0 Å². The van der Waals surface area contributed by atoms with Gasteiger partial charge in [0.05, 0.1) is 4.90 Å². The summed E-state index contributed by atoms with van der Waals surface area (Å²) in [7, 11) is -3.16. The van der Waals surface area contributed by atoms with Crippen LogP contribution < -0.4 is 5.32 Å². The van der Waals surface area contributed by atoms with E-state index in [-0.39, 0.29) is 5.41 Å². The summed E-state index contributed by atoms with van der Waals surface area (Å²) in [4.78, 5) is 0.381. The highest BCUT2D eigenvalue weighted by atomic mass is 32.2. The molecule has 0 radical (unpaired) electrons. The van der Waals surface area contributed by atoms with E-state index in [4.69, 9.17) is 0 Å². The molecule has 1 aromatic rings. The fourth-order valence-electron chi connectivity index (χ4n) is 2.35. The smallest absolute Gasteiger partial charge is 0.175 e. The molecule has 5 heteroatoms. The highest BCUT2D eigenvalue weighted by Crippen LogP contribution is 2.36. The minimum absolute atomic E-state index is 0.235. The second kappa shape index (κ2) is 5.60. The van der Waals surface area contributed by atoms with Gasteiger partial charge in [-0.15, -0.1) is 0 Å². The van der Waals surface area contributed by atoms with Crippen molar-refractivity contribution in [3.05, 3.63) is 23.8 Å². The molecule has 3 nitrogen and oxygen atoms in total. The van der Waals surface area contributed by atoms with E-state index in [1.54, 1.807) is 12.1 Å².